The third kappa shape index (κ3) is 4.20. The maximum atomic E-state index is 14.5. The monoisotopic (exact) mass is 433 g/mol. The number of aromatic nitrogens is 2. The second-order valence-corrected chi connectivity index (χ2v) is 7.80. The van der Waals surface area contributed by atoms with Crippen LogP contribution in [0.4, 0.5) is 10.3 Å². The molecule has 1 fully saturated rings. The summed E-state index contributed by atoms with van der Waals surface area (Å²) in [7, 11) is 3.04. The van der Waals surface area contributed by atoms with E-state index in [0.29, 0.717) is 40.8 Å². The van der Waals surface area contributed by atoms with Gasteiger partial charge in [0, 0.05) is 19.2 Å². The second-order valence-electron chi connectivity index (χ2n) is 7.80. The van der Waals surface area contributed by atoms with Crippen LogP contribution < -0.4 is 20.9 Å². The molecule has 0 bridgehead atoms. The molecular formula is C24H24FN5O2. The summed E-state index contributed by atoms with van der Waals surface area (Å²) >= 11 is 0. The molecule has 0 saturated carbocycles. The third-order valence-corrected chi connectivity index (χ3v) is 5.73. The van der Waals surface area contributed by atoms with Gasteiger partial charge in [-0.15, -0.1) is 0 Å². The van der Waals surface area contributed by atoms with Crippen molar-refractivity contribution in [2.45, 2.75) is 6.42 Å². The van der Waals surface area contributed by atoms with Gasteiger partial charge in [-0.2, -0.15) is 5.26 Å². The van der Waals surface area contributed by atoms with Crippen LogP contribution in [-0.4, -0.2) is 36.3 Å². The Morgan fingerprint density at radius 2 is 2.03 bits per heavy atom. The SMILES string of the molecule is COc1ccc(-c2c(-c3ccc(C#N)cc3)nc(NCC3CCNC3)n(C)c2=O)cc1F. The van der Waals surface area contributed by atoms with E-state index in [1.807, 2.05) is 0 Å². The van der Waals surface area contributed by atoms with Gasteiger partial charge in [0.05, 0.1) is 30.0 Å². The molecule has 2 heterocycles. The van der Waals surface area contributed by atoms with Gasteiger partial charge in [-0.05, 0) is 55.3 Å². The van der Waals surface area contributed by atoms with Crippen LogP contribution in [0.25, 0.3) is 22.4 Å². The Bertz CT molecular complexity index is 1220. The van der Waals surface area contributed by atoms with E-state index in [1.165, 1.54) is 23.8 Å². The fraction of sp³-hybridized carbons (Fsp3) is 0.292. The van der Waals surface area contributed by atoms with Gasteiger partial charge in [0.15, 0.2) is 11.6 Å². The minimum Gasteiger partial charge on any atom is -0.494 e. The van der Waals surface area contributed by atoms with Crippen molar-refractivity contribution in [2.24, 2.45) is 13.0 Å². The predicted octanol–water partition coefficient (Wildman–Crippen LogP) is 3.16. The lowest BCUT2D eigenvalue weighted by Gasteiger charge is -2.17. The van der Waals surface area contributed by atoms with Gasteiger partial charge in [0.1, 0.15) is 0 Å². The summed E-state index contributed by atoms with van der Waals surface area (Å²) in [5.41, 5.74) is 1.99. The van der Waals surface area contributed by atoms with Crippen molar-refractivity contribution in [1.29, 1.82) is 5.26 Å². The highest BCUT2D eigenvalue weighted by molar-refractivity contribution is 5.81. The third-order valence-electron chi connectivity index (χ3n) is 5.73. The molecular weight excluding hydrogens is 409 g/mol. The van der Waals surface area contributed by atoms with Crippen LogP contribution in [0.5, 0.6) is 5.75 Å². The number of hydrogen-bond acceptors (Lipinski definition) is 6. The van der Waals surface area contributed by atoms with Crippen LogP contribution in [0.1, 0.15) is 12.0 Å². The first-order valence-electron chi connectivity index (χ1n) is 10.4. The summed E-state index contributed by atoms with van der Waals surface area (Å²) in [6.07, 6.45) is 1.06. The Balaban J connectivity index is 1.85. The van der Waals surface area contributed by atoms with E-state index in [1.54, 1.807) is 37.4 Å². The predicted molar refractivity (Wildman–Crippen MR) is 121 cm³/mol. The zero-order valence-corrected chi connectivity index (χ0v) is 18.0. The molecule has 3 aromatic rings. The van der Waals surface area contributed by atoms with E-state index in [9.17, 15) is 9.18 Å². The Hall–Kier alpha value is -3.70. The molecule has 1 aliphatic heterocycles. The summed E-state index contributed by atoms with van der Waals surface area (Å²) in [5.74, 6) is 0.440. The molecule has 32 heavy (non-hydrogen) atoms. The average molecular weight is 433 g/mol. The number of benzene rings is 2. The lowest BCUT2D eigenvalue weighted by molar-refractivity contribution is 0.386. The van der Waals surface area contributed by atoms with Crippen LogP contribution in [0.3, 0.4) is 0 Å². The van der Waals surface area contributed by atoms with Crippen LogP contribution in [0.2, 0.25) is 0 Å². The van der Waals surface area contributed by atoms with Crippen LogP contribution in [0, 0.1) is 23.1 Å². The molecule has 4 rings (SSSR count). The van der Waals surface area contributed by atoms with E-state index < -0.39 is 5.82 Å². The number of rotatable bonds is 6. The van der Waals surface area contributed by atoms with Crippen LogP contribution in [0.15, 0.2) is 47.3 Å². The Morgan fingerprint density at radius 1 is 1.28 bits per heavy atom. The van der Waals surface area contributed by atoms with Gasteiger partial charge in [-0.25, -0.2) is 9.37 Å². The number of halogens is 1. The van der Waals surface area contributed by atoms with Crippen molar-refractivity contribution in [3.63, 3.8) is 0 Å². The number of hydrogen-bond donors (Lipinski definition) is 2. The molecule has 0 aliphatic carbocycles. The second kappa shape index (κ2) is 9.20. The summed E-state index contributed by atoms with van der Waals surface area (Å²) in [4.78, 5) is 18.2. The van der Waals surface area contributed by atoms with Crippen molar-refractivity contribution in [2.75, 3.05) is 32.1 Å². The van der Waals surface area contributed by atoms with Crippen LogP contribution in [-0.2, 0) is 7.05 Å². The summed E-state index contributed by atoms with van der Waals surface area (Å²) in [5, 5.41) is 15.8. The topological polar surface area (TPSA) is 92.0 Å². The molecule has 0 spiro atoms. The summed E-state index contributed by atoms with van der Waals surface area (Å²) in [6.45, 7) is 2.60. The van der Waals surface area contributed by atoms with Gasteiger partial charge in [-0.3, -0.25) is 9.36 Å². The minimum absolute atomic E-state index is 0.0990. The molecule has 1 atom stereocenters. The van der Waals surface area contributed by atoms with Gasteiger partial charge in [-0.1, -0.05) is 18.2 Å². The molecule has 8 heteroatoms. The molecule has 1 aliphatic rings. The molecule has 2 N–H and O–H groups in total. The molecule has 164 valence electrons. The van der Waals surface area contributed by atoms with Gasteiger partial charge < -0.3 is 15.4 Å². The number of ether oxygens (including phenoxy) is 1. The minimum atomic E-state index is -0.561. The Labute approximate surface area is 185 Å². The Kier molecular flexibility index (Phi) is 6.19. The first-order valence-corrected chi connectivity index (χ1v) is 10.4. The lowest BCUT2D eigenvalue weighted by Crippen LogP contribution is -2.27. The molecule has 1 unspecified atom stereocenters. The molecule has 0 radical (unpaired) electrons. The van der Waals surface area contributed by atoms with Gasteiger partial charge in [0.2, 0.25) is 5.95 Å². The molecule has 2 aromatic carbocycles. The highest BCUT2D eigenvalue weighted by atomic mass is 19.1. The van der Waals surface area contributed by atoms with Crippen molar-refractivity contribution in [1.82, 2.24) is 14.9 Å². The Morgan fingerprint density at radius 3 is 2.66 bits per heavy atom. The van der Waals surface area contributed by atoms with Gasteiger partial charge in [0.25, 0.3) is 5.56 Å². The number of anilines is 1. The van der Waals surface area contributed by atoms with Crippen molar-refractivity contribution < 1.29 is 9.13 Å². The zero-order valence-electron chi connectivity index (χ0n) is 18.0. The van der Waals surface area contributed by atoms with Crippen molar-refractivity contribution in [3.8, 4) is 34.2 Å². The van der Waals surface area contributed by atoms with E-state index in [2.05, 4.69) is 16.7 Å². The quantitative estimate of drug-likeness (QED) is 0.621. The van der Waals surface area contributed by atoms with Crippen LogP contribution >= 0.6 is 0 Å². The highest BCUT2D eigenvalue weighted by Crippen LogP contribution is 2.31. The molecule has 1 aromatic heterocycles. The highest BCUT2D eigenvalue weighted by Gasteiger charge is 2.21. The zero-order chi connectivity index (χ0) is 22.7. The van der Waals surface area contributed by atoms with Crippen molar-refractivity contribution >= 4 is 5.95 Å². The average Bonchev–Trinajstić information content (AvgIpc) is 3.33. The largest absolute Gasteiger partial charge is 0.494 e. The number of nitrogens with zero attached hydrogens (tertiary/aromatic N) is 3. The number of nitriles is 1. The van der Waals surface area contributed by atoms with Gasteiger partial charge >= 0.3 is 0 Å². The lowest BCUT2D eigenvalue weighted by atomic mass is 9.99. The van der Waals surface area contributed by atoms with Crippen molar-refractivity contribution in [3.05, 3.63) is 64.2 Å². The maximum absolute atomic E-state index is 14.5. The number of methoxy groups -OCH3 is 1. The maximum Gasteiger partial charge on any atom is 0.263 e. The first kappa shape index (κ1) is 21.5. The summed E-state index contributed by atoms with van der Waals surface area (Å²) in [6, 6.07) is 13.3. The van der Waals surface area contributed by atoms with E-state index >= 15 is 0 Å². The van der Waals surface area contributed by atoms with E-state index in [-0.39, 0.29) is 16.9 Å². The van der Waals surface area contributed by atoms with E-state index in [0.717, 1.165) is 19.5 Å². The standard InChI is InChI=1S/C24H24FN5O2/c1-30-23(31)21(18-7-8-20(32-2)19(25)11-18)22(17-5-3-15(12-26)4-6-17)29-24(30)28-14-16-9-10-27-13-16/h3-8,11,16,27H,9-10,13-14H2,1-2H3,(H,28,29). The molecule has 7 nitrogen and oxygen atoms in total. The molecule has 0 amide bonds. The first-order chi connectivity index (χ1) is 15.5. The number of nitrogens with one attached hydrogen (secondary N) is 2. The normalized spacial score (nSPS) is 15.4. The van der Waals surface area contributed by atoms with E-state index in [4.69, 9.17) is 15.0 Å². The molecule has 1 saturated heterocycles. The summed E-state index contributed by atoms with van der Waals surface area (Å²) < 4.78 is 20.9. The smallest absolute Gasteiger partial charge is 0.263 e. The fourth-order valence-corrected chi connectivity index (χ4v) is 3.88. The fourth-order valence-electron chi connectivity index (χ4n) is 3.88.